The minimum atomic E-state index is -0.619. The van der Waals surface area contributed by atoms with Crippen molar-refractivity contribution in [1.82, 2.24) is 0 Å². The highest BCUT2D eigenvalue weighted by Gasteiger charge is 2.18. The van der Waals surface area contributed by atoms with Gasteiger partial charge < -0.3 is 4.74 Å². The van der Waals surface area contributed by atoms with E-state index in [-0.39, 0.29) is 22.4 Å². The summed E-state index contributed by atoms with van der Waals surface area (Å²) in [6.45, 7) is 3.95. The van der Waals surface area contributed by atoms with Crippen molar-refractivity contribution in [1.29, 1.82) is 0 Å². The summed E-state index contributed by atoms with van der Waals surface area (Å²) >= 11 is 5.90. The van der Waals surface area contributed by atoms with Crippen molar-refractivity contribution in [3.63, 3.8) is 0 Å². The van der Waals surface area contributed by atoms with E-state index in [0.717, 1.165) is 38.2 Å². The van der Waals surface area contributed by atoms with E-state index in [4.69, 9.17) is 16.3 Å². The van der Waals surface area contributed by atoms with Crippen LogP contribution in [0, 0.1) is 10.1 Å². The molecule has 1 rings (SSSR count). The van der Waals surface area contributed by atoms with Gasteiger partial charge in [0.05, 0.1) is 21.6 Å². The van der Waals surface area contributed by atoms with E-state index in [0.29, 0.717) is 0 Å². The Morgan fingerprint density at radius 2 is 2.10 bits per heavy atom. The van der Waals surface area contributed by atoms with Crippen LogP contribution in [0.1, 0.15) is 56.3 Å². The molecule has 0 heterocycles. The number of hydrogen-bond donors (Lipinski definition) is 0. The lowest BCUT2D eigenvalue weighted by Gasteiger charge is -2.13. The van der Waals surface area contributed by atoms with E-state index in [1.165, 1.54) is 12.1 Å². The first-order chi connectivity index (χ1) is 9.95. The second kappa shape index (κ2) is 8.62. The number of carbonyl (C=O) groups is 1. The minimum Gasteiger partial charge on any atom is -0.459 e. The predicted molar refractivity (Wildman–Crippen MR) is 81.7 cm³/mol. The molecule has 0 saturated heterocycles. The molecule has 21 heavy (non-hydrogen) atoms. The van der Waals surface area contributed by atoms with Crippen molar-refractivity contribution in [2.45, 2.75) is 52.1 Å². The molecule has 0 aromatic heterocycles. The van der Waals surface area contributed by atoms with Crippen LogP contribution >= 0.6 is 11.6 Å². The van der Waals surface area contributed by atoms with Crippen molar-refractivity contribution >= 4 is 23.3 Å². The Kier molecular flexibility index (Phi) is 7.15. The summed E-state index contributed by atoms with van der Waals surface area (Å²) in [5.41, 5.74) is -0.145. The minimum absolute atomic E-state index is 0.0336. The van der Waals surface area contributed by atoms with Gasteiger partial charge in [0.1, 0.15) is 0 Å². The molecular weight excluding hydrogens is 294 g/mol. The number of hydrogen-bond acceptors (Lipinski definition) is 4. The molecule has 0 aliphatic heterocycles. The van der Waals surface area contributed by atoms with Crippen LogP contribution in [0.15, 0.2) is 18.2 Å². The lowest BCUT2D eigenvalue weighted by atomic mass is 10.1. The smallest absolute Gasteiger partial charge is 0.340 e. The van der Waals surface area contributed by atoms with Gasteiger partial charge in [0, 0.05) is 12.1 Å². The average Bonchev–Trinajstić information content (AvgIpc) is 2.43. The van der Waals surface area contributed by atoms with Gasteiger partial charge >= 0.3 is 5.97 Å². The van der Waals surface area contributed by atoms with Gasteiger partial charge in [-0.05, 0) is 25.8 Å². The fourth-order valence-electron chi connectivity index (χ4n) is 1.95. The van der Waals surface area contributed by atoms with Crippen molar-refractivity contribution in [3.05, 3.63) is 38.9 Å². The quantitative estimate of drug-likeness (QED) is 0.300. The fraction of sp³-hybridized carbons (Fsp3) is 0.533. The second-order valence-corrected chi connectivity index (χ2v) is 5.39. The van der Waals surface area contributed by atoms with Crippen LogP contribution in [0.25, 0.3) is 0 Å². The molecule has 6 heteroatoms. The molecule has 0 saturated carbocycles. The largest absolute Gasteiger partial charge is 0.459 e. The zero-order valence-electron chi connectivity index (χ0n) is 12.3. The van der Waals surface area contributed by atoms with E-state index >= 15 is 0 Å². The second-order valence-electron chi connectivity index (χ2n) is 4.99. The summed E-state index contributed by atoms with van der Waals surface area (Å²) < 4.78 is 5.29. The first-order valence-corrected chi connectivity index (χ1v) is 7.48. The molecule has 0 fully saturated rings. The first kappa shape index (κ1) is 17.4. The summed E-state index contributed by atoms with van der Waals surface area (Å²) in [7, 11) is 0. The third kappa shape index (κ3) is 5.71. The predicted octanol–water partition coefficient (Wildman–Crippen LogP) is 4.76. The number of benzene rings is 1. The highest BCUT2D eigenvalue weighted by molar-refractivity contribution is 6.33. The van der Waals surface area contributed by atoms with Crippen LogP contribution in [0.2, 0.25) is 5.02 Å². The molecule has 0 radical (unpaired) electrons. The van der Waals surface area contributed by atoms with Crippen LogP contribution < -0.4 is 0 Å². The number of esters is 1. The molecule has 1 aromatic rings. The molecular formula is C15H20ClNO4. The van der Waals surface area contributed by atoms with E-state index in [9.17, 15) is 14.9 Å². The third-order valence-electron chi connectivity index (χ3n) is 3.15. The van der Waals surface area contributed by atoms with Crippen LogP contribution in [0.4, 0.5) is 5.69 Å². The Hall–Kier alpha value is -1.62. The van der Waals surface area contributed by atoms with Gasteiger partial charge in [-0.15, -0.1) is 0 Å². The van der Waals surface area contributed by atoms with Gasteiger partial charge in [-0.2, -0.15) is 0 Å². The van der Waals surface area contributed by atoms with E-state index in [2.05, 4.69) is 6.92 Å². The summed E-state index contributed by atoms with van der Waals surface area (Å²) in [5, 5.41) is 10.9. The standard InChI is InChI=1S/C15H20ClNO4/c1-3-4-5-6-7-11(2)21-15(18)13-10-12(17(19)20)8-9-14(13)16/h8-11H,3-7H2,1-2H3. The molecule has 0 aliphatic carbocycles. The molecule has 0 amide bonds. The molecule has 1 atom stereocenters. The summed E-state index contributed by atoms with van der Waals surface area (Å²) in [6, 6.07) is 3.74. The Labute approximate surface area is 129 Å². The number of ether oxygens (including phenoxy) is 1. The molecule has 116 valence electrons. The zero-order chi connectivity index (χ0) is 15.8. The molecule has 0 aliphatic rings. The summed E-state index contributed by atoms with van der Waals surface area (Å²) in [6.07, 6.45) is 4.96. The summed E-state index contributed by atoms with van der Waals surface area (Å²) in [5.74, 6) is -0.619. The molecule has 0 spiro atoms. The SMILES string of the molecule is CCCCCCC(C)OC(=O)c1cc([N+](=O)[O-])ccc1Cl. The number of non-ortho nitro benzene ring substituents is 1. The number of nitro groups is 1. The highest BCUT2D eigenvalue weighted by Crippen LogP contribution is 2.23. The van der Waals surface area contributed by atoms with Gasteiger partial charge in [0.25, 0.3) is 5.69 Å². The van der Waals surface area contributed by atoms with E-state index < -0.39 is 10.9 Å². The number of nitrogens with zero attached hydrogens (tertiary/aromatic N) is 1. The van der Waals surface area contributed by atoms with Crippen molar-refractivity contribution < 1.29 is 14.5 Å². The first-order valence-electron chi connectivity index (χ1n) is 7.10. The van der Waals surface area contributed by atoms with Crippen molar-refractivity contribution in [2.24, 2.45) is 0 Å². The molecule has 5 nitrogen and oxygen atoms in total. The lowest BCUT2D eigenvalue weighted by molar-refractivity contribution is -0.384. The number of carbonyl (C=O) groups excluding carboxylic acids is 1. The Morgan fingerprint density at radius 1 is 1.38 bits per heavy atom. The van der Waals surface area contributed by atoms with Crippen LogP contribution in [0.5, 0.6) is 0 Å². The molecule has 1 unspecified atom stereocenters. The lowest BCUT2D eigenvalue weighted by Crippen LogP contribution is -2.15. The normalized spacial score (nSPS) is 12.0. The Morgan fingerprint density at radius 3 is 2.71 bits per heavy atom. The van der Waals surface area contributed by atoms with E-state index in [1.807, 2.05) is 6.92 Å². The number of nitro benzene ring substituents is 1. The number of unbranched alkanes of at least 4 members (excludes halogenated alkanes) is 3. The van der Waals surface area contributed by atoms with Crippen molar-refractivity contribution in [2.75, 3.05) is 0 Å². The van der Waals surface area contributed by atoms with Crippen molar-refractivity contribution in [3.8, 4) is 0 Å². The maximum Gasteiger partial charge on any atom is 0.340 e. The van der Waals surface area contributed by atoms with Gasteiger partial charge in [0.2, 0.25) is 0 Å². The monoisotopic (exact) mass is 313 g/mol. The number of halogens is 1. The van der Waals surface area contributed by atoms with Crippen LogP contribution in [-0.2, 0) is 4.74 Å². The van der Waals surface area contributed by atoms with Gasteiger partial charge in [-0.1, -0.05) is 37.8 Å². The molecule has 0 N–H and O–H groups in total. The Bertz CT molecular complexity index is 504. The van der Waals surface area contributed by atoms with Crippen LogP contribution in [-0.4, -0.2) is 17.0 Å². The van der Waals surface area contributed by atoms with Gasteiger partial charge in [-0.25, -0.2) is 4.79 Å². The fourth-order valence-corrected chi connectivity index (χ4v) is 2.14. The maximum atomic E-state index is 12.0. The van der Waals surface area contributed by atoms with E-state index in [1.54, 1.807) is 0 Å². The highest BCUT2D eigenvalue weighted by atomic mass is 35.5. The molecule has 0 bridgehead atoms. The molecule has 1 aromatic carbocycles. The Balaban J connectivity index is 2.62. The third-order valence-corrected chi connectivity index (χ3v) is 3.48. The summed E-state index contributed by atoms with van der Waals surface area (Å²) in [4.78, 5) is 22.2. The van der Waals surface area contributed by atoms with Gasteiger partial charge in [-0.3, -0.25) is 10.1 Å². The average molecular weight is 314 g/mol. The topological polar surface area (TPSA) is 69.4 Å². The van der Waals surface area contributed by atoms with Crippen LogP contribution in [0.3, 0.4) is 0 Å². The zero-order valence-corrected chi connectivity index (χ0v) is 13.1. The maximum absolute atomic E-state index is 12.0. The van der Waals surface area contributed by atoms with Gasteiger partial charge in [0.15, 0.2) is 0 Å². The number of rotatable bonds is 8.